The van der Waals surface area contributed by atoms with Gasteiger partial charge in [-0.25, -0.2) is 34.9 Å². The second-order valence-corrected chi connectivity index (χ2v) is 31.2. The van der Waals surface area contributed by atoms with Crippen LogP contribution in [-0.4, -0.2) is 39.9 Å². The van der Waals surface area contributed by atoms with E-state index in [4.69, 9.17) is 36.3 Å². The van der Waals surface area contributed by atoms with Crippen LogP contribution in [0.3, 0.4) is 0 Å². The van der Waals surface area contributed by atoms with Crippen LogP contribution in [0.5, 0.6) is 0 Å². The molecule has 4 aromatic heterocycles. The molecule has 4 heterocycles. The molecule has 20 heteroatoms. The van der Waals surface area contributed by atoms with E-state index < -0.39 is 0 Å². The highest BCUT2D eigenvalue weighted by Crippen LogP contribution is 2.52. The van der Waals surface area contributed by atoms with Gasteiger partial charge in [0.1, 0.15) is 48.0 Å². The SMILES string of the molecule is N#Cc1nc2c3ccc4ccccc4c3c3c4ccccc4ccc3c2nc1C#N.N#Cc1nc2c3ccc4ccccc4c3c3ccc4ccccc4c3c2nc1C#N.[C-]#[N+]c1c([N+]#[C-])c([N+]#[C-])c2cc3c(cc2c1C#N)c1nc(C#N)c(C#N)nc1c1ccc2ccccc2c31.[C-]#[N+]c1nc2c(nc1C#N)c1ccc3ccccc3c1c1c3ccccc3c3ccccc3c21. The normalized spacial score (nSPS) is 11.1. The molecule has 25 aromatic rings. The van der Waals surface area contributed by atoms with Gasteiger partial charge in [-0.1, -0.05) is 280 Å². The minimum atomic E-state index is -0.175. The number of fused-ring (bicyclic) bond motifs is 42. The Morgan fingerprint density at radius 3 is 0.811 bits per heavy atom. The van der Waals surface area contributed by atoms with Crippen molar-refractivity contribution in [3.63, 3.8) is 0 Å². The van der Waals surface area contributed by atoms with E-state index >= 15 is 0 Å². The third-order valence-electron chi connectivity index (χ3n) is 24.8. The zero-order valence-corrected chi connectivity index (χ0v) is 68.5. The number of nitriles is 8. The Kier molecular flexibility index (Phi) is 18.0. The number of benzene rings is 21. The van der Waals surface area contributed by atoms with E-state index in [-0.39, 0.29) is 68.3 Å². The molecule has 0 saturated carbocycles. The monoisotopic (exact) mass is 1670 g/mol. The maximum absolute atomic E-state index is 10.00. The second kappa shape index (κ2) is 30.7. The lowest BCUT2D eigenvalue weighted by Crippen LogP contribution is -1.98. The molecular formula is C112H46N20. The molecule has 0 bridgehead atoms. The van der Waals surface area contributed by atoms with Gasteiger partial charge in [0.15, 0.2) is 51.1 Å². The largest absolute Gasteiger partial charge is 0.358 e. The van der Waals surface area contributed by atoms with Crippen molar-refractivity contribution in [2.24, 2.45) is 0 Å². The predicted octanol–water partition coefficient (Wildman–Crippen LogP) is 27.3. The molecule has 594 valence electrons. The summed E-state index contributed by atoms with van der Waals surface area (Å²) in [5.41, 5.74) is 4.38. The Labute approximate surface area is 746 Å². The fraction of sp³-hybridized carbons (Fsp3) is 0. The smallest absolute Gasteiger partial charge is 0.307 e. The number of hydrogen-bond acceptors (Lipinski definition) is 16. The molecule has 25 rings (SSSR count). The van der Waals surface area contributed by atoms with Crippen molar-refractivity contribution < 1.29 is 0 Å². The Bertz CT molecular complexity index is 10200. The summed E-state index contributed by atoms with van der Waals surface area (Å²) in [6.07, 6.45) is 0. The Hall–Kier alpha value is -20.7. The molecule has 0 fully saturated rings. The Morgan fingerprint density at radius 1 is 0.174 bits per heavy atom. The lowest BCUT2D eigenvalue weighted by atomic mass is 9.88. The first-order chi connectivity index (χ1) is 65.0. The zero-order chi connectivity index (χ0) is 89.8. The van der Waals surface area contributed by atoms with Gasteiger partial charge >= 0.3 is 5.82 Å². The average Bonchev–Trinajstić information content (AvgIpc) is 0.694. The molecule has 0 spiro atoms. The summed E-state index contributed by atoms with van der Waals surface area (Å²) < 4.78 is 0. The summed E-state index contributed by atoms with van der Waals surface area (Å²) in [6.45, 7) is 30.6. The van der Waals surface area contributed by atoms with Gasteiger partial charge in [0, 0.05) is 64.6 Å². The van der Waals surface area contributed by atoms with E-state index in [1.165, 1.54) is 5.39 Å². The maximum Gasteiger partial charge on any atom is 0.307 e. The van der Waals surface area contributed by atoms with E-state index in [2.05, 4.69) is 201 Å². The quantitative estimate of drug-likeness (QED) is 0.0773. The first-order valence-electron chi connectivity index (χ1n) is 41.1. The van der Waals surface area contributed by atoms with Gasteiger partial charge in [-0.05, 0) is 125 Å². The molecule has 0 amide bonds. The lowest BCUT2D eigenvalue weighted by Gasteiger charge is -2.15. The lowest BCUT2D eigenvalue weighted by molar-refractivity contribution is 1.21. The first-order valence-corrected chi connectivity index (χ1v) is 41.1. The van der Waals surface area contributed by atoms with Crippen molar-refractivity contribution in [2.45, 2.75) is 0 Å². The van der Waals surface area contributed by atoms with Gasteiger partial charge in [-0.15, -0.1) is 4.98 Å². The molecule has 0 N–H and O–H groups in total. The van der Waals surface area contributed by atoms with Gasteiger partial charge in [0.25, 0.3) is 0 Å². The summed E-state index contributed by atoms with van der Waals surface area (Å²) >= 11 is 0. The topological polar surface area (TPSA) is 311 Å². The van der Waals surface area contributed by atoms with Crippen molar-refractivity contribution in [1.29, 1.82) is 42.1 Å². The third kappa shape index (κ3) is 11.5. The molecule has 0 saturated heterocycles. The van der Waals surface area contributed by atoms with E-state index in [0.29, 0.717) is 71.1 Å². The highest BCUT2D eigenvalue weighted by atomic mass is 14.9. The number of hydrogen-bond donors (Lipinski definition) is 0. The van der Waals surface area contributed by atoms with Crippen LogP contribution < -0.4 is 0 Å². The van der Waals surface area contributed by atoms with Crippen LogP contribution in [0.1, 0.15) is 45.4 Å². The summed E-state index contributed by atoms with van der Waals surface area (Å²) in [5, 5.41) is 110. The first kappa shape index (κ1) is 77.3. The number of aromatic nitrogens is 8. The molecular weight excluding hydrogens is 1630 g/mol. The van der Waals surface area contributed by atoms with Gasteiger partial charge in [-0.2, -0.15) is 42.1 Å². The van der Waals surface area contributed by atoms with Crippen molar-refractivity contribution in [2.75, 3.05) is 0 Å². The van der Waals surface area contributed by atoms with Crippen LogP contribution in [0.2, 0.25) is 0 Å². The summed E-state index contributed by atoms with van der Waals surface area (Å²) in [5.74, 6) is 0.0358. The molecule has 0 aliphatic carbocycles. The van der Waals surface area contributed by atoms with E-state index in [1.54, 1.807) is 12.1 Å². The molecule has 0 aliphatic heterocycles. The van der Waals surface area contributed by atoms with Gasteiger partial charge in [-0.3, -0.25) is 14.5 Å². The van der Waals surface area contributed by atoms with Crippen LogP contribution in [0.15, 0.2) is 279 Å². The van der Waals surface area contributed by atoms with E-state index in [1.807, 2.05) is 164 Å². The van der Waals surface area contributed by atoms with E-state index in [0.717, 1.165) is 151 Å². The molecule has 0 radical (unpaired) electrons. The fourth-order valence-electron chi connectivity index (χ4n) is 19.3. The third-order valence-corrected chi connectivity index (χ3v) is 24.8. The molecule has 0 unspecified atom stereocenters. The van der Waals surface area contributed by atoms with Gasteiger partial charge in [0.05, 0.1) is 64.4 Å². The molecule has 0 atom stereocenters. The van der Waals surface area contributed by atoms with Gasteiger partial charge in [0.2, 0.25) is 11.4 Å². The zero-order valence-electron chi connectivity index (χ0n) is 68.5. The second-order valence-electron chi connectivity index (χ2n) is 31.2. The number of nitrogens with zero attached hydrogens (tertiary/aromatic N) is 20. The van der Waals surface area contributed by atoms with Crippen LogP contribution >= 0.6 is 0 Å². The van der Waals surface area contributed by atoms with Crippen molar-refractivity contribution in [3.05, 3.63) is 370 Å². The average molecular weight is 1670 g/mol. The van der Waals surface area contributed by atoms with Crippen LogP contribution in [0.4, 0.5) is 22.9 Å². The van der Waals surface area contributed by atoms with E-state index in [9.17, 15) is 42.1 Å². The predicted molar refractivity (Wildman–Crippen MR) is 519 cm³/mol. The van der Waals surface area contributed by atoms with Crippen LogP contribution in [0.25, 0.3) is 247 Å². The van der Waals surface area contributed by atoms with Gasteiger partial charge < -0.3 is 4.85 Å². The standard InChI is InChI=1S/C30H8N8.C30H14N4.2C26H12N4/c1-34-26-20-11-19-21(10-18(20)22(12-31)27(35-2)30(26)36-3)29-28(37-23(13-32)24(14-33)38-29)17-9-8-15-6-4-5-7-16(15)25(17)19;1-32-30-24(16-31)33-28-23-15-14-17-8-2-3-9-18(17)25(23)26-21-12-6-4-10-19(21)20-11-5-7-13-22(20)27(26)29(28)34-30;27-13-21-22(14-28)30-26-24-18-8-4-2-6-16(18)9-11-19(24)23-17-7-3-1-5-15(17)10-12-20(23)25(26)29-21;27-13-21-22(14-28)30-26-20-12-10-16-6-2-4-8-18(16)24(20)23-17-7-3-1-5-15(17)9-11-19(23)25(26)29-21/h4-11H;2-15H;2*1-12H. The maximum atomic E-state index is 10.00. The Morgan fingerprint density at radius 2 is 0.447 bits per heavy atom. The Balaban J connectivity index is 0.000000103. The minimum absolute atomic E-state index is 0.000917. The van der Waals surface area contributed by atoms with Crippen LogP contribution in [0, 0.1) is 117 Å². The summed E-state index contributed by atoms with van der Waals surface area (Å²) in [6, 6.07) is 110. The number of rotatable bonds is 0. The molecule has 21 aromatic carbocycles. The van der Waals surface area contributed by atoms with Crippen molar-refractivity contribution in [3.8, 4) is 48.6 Å². The minimum Gasteiger partial charge on any atom is -0.358 e. The fourth-order valence-corrected chi connectivity index (χ4v) is 19.3. The summed E-state index contributed by atoms with van der Waals surface area (Å²) in [4.78, 5) is 50.8. The van der Waals surface area contributed by atoms with Crippen molar-refractivity contribution >= 4 is 250 Å². The van der Waals surface area contributed by atoms with Crippen LogP contribution in [-0.2, 0) is 0 Å². The van der Waals surface area contributed by atoms with Crippen molar-refractivity contribution in [1.82, 2.24) is 39.9 Å². The highest BCUT2D eigenvalue weighted by molar-refractivity contribution is 6.43. The molecule has 20 nitrogen and oxygen atoms in total. The molecule has 0 aliphatic rings. The highest BCUT2D eigenvalue weighted by Gasteiger charge is 2.28. The molecule has 132 heavy (non-hydrogen) atoms. The summed E-state index contributed by atoms with van der Waals surface area (Å²) in [7, 11) is 0.